The van der Waals surface area contributed by atoms with Crippen molar-refractivity contribution in [3.63, 3.8) is 0 Å². The van der Waals surface area contributed by atoms with Gasteiger partial charge in [-0.25, -0.2) is 8.42 Å². The van der Waals surface area contributed by atoms with E-state index in [0.717, 1.165) is 35.7 Å². The first-order valence-corrected chi connectivity index (χ1v) is 13.7. The number of carbonyl (C=O) groups excluding carboxylic acids is 1. The second-order valence-corrected chi connectivity index (χ2v) is 11.7. The van der Waals surface area contributed by atoms with Crippen molar-refractivity contribution >= 4 is 27.2 Å². The summed E-state index contributed by atoms with van der Waals surface area (Å²) in [4.78, 5) is 15.1. The van der Waals surface area contributed by atoms with Crippen LogP contribution in [0, 0.1) is 0 Å². The molecule has 1 aliphatic rings. The van der Waals surface area contributed by atoms with Gasteiger partial charge in [-0.2, -0.15) is 0 Å². The van der Waals surface area contributed by atoms with E-state index in [0.29, 0.717) is 5.69 Å². The topological polar surface area (TPSA) is 92.3 Å². The Morgan fingerprint density at radius 2 is 1.54 bits per heavy atom. The molecular weight excluding hydrogens is 460 g/mol. The Bertz CT molecular complexity index is 1230. The van der Waals surface area contributed by atoms with E-state index >= 15 is 0 Å². The van der Waals surface area contributed by atoms with E-state index in [9.17, 15) is 13.2 Å². The van der Waals surface area contributed by atoms with Gasteiger partial charge in [0.25, 0.3) is 0 Å². The molecule has 0 bridgehead atoms. The van der Waals surface area contributed by atoms with Gasteiger partial charge in [-0.05, 0) is 68.7 Å². The normalized spacial score (nSPS) is 14.5. The second kappa shape index (κ2) is 11.0. The number of nitrogens with zero attached hydrogens (tertiary/aromatic N) is 3. The van der Waals surface area contributed by atoms with Gasteiger partial charge in [0.15, 0.2) is 15.7 Å². The summed E-state index contributed by atoms with van der Waals surface area (Å²) in [6, 6.07) is 18.0. The van der Waals surface area contributed by atoms with Crippen molar-refractivity contribution in [1.82, 2.24) is 10.2 Å². The number of nitrogens with one attached hydrogen (secondary N) is 1. The van der Waals surface area contributed by atoms with Crippen LogP contribution in [0.25, 0.3) is 11.3 Å². The van der Waals surface area contributed by atoms with Crippen LogP contribution >= 0.6 is 0 Å². The summed E-state index contributed by atoms with van der Waals surface area (Å²) in [5.74, 6) is 0.758. The highest BCUT2D eigenvalue weighted by atomic mass is 32.2. The first-order chi connectivity index (χ1) is 16.8. The molecule has 0 aliphatic carbocycles. The van der Waals surface area contributed by atoms with Crippen molar-refractivity contribution in [3.8, 4) is 11.3 Å². The molecule has 0 atom stereocenters. The maximum atomic E-state index is 12.5. The number of anilines is 2. The molecule has 8 heteroatoms. The molecule has 184 valence electrons. The summed E-state index contributed by atoms with van der Waals surface area (Å²) < 4.78 is 24.5. The first-order valence-electron chi connectivity index (χ1n) is 12.1. The number of carbonyl (C=O) groups is 1. The molecule has 0 unspecified atom stereocenters. The lowest BCUT2D eigenvalue weighted by molar-refractivity contribution is -0.115. The zero-order chi connectivity index (χ0) is 24.8. The lowest BCUT2D eigenvalue weighted by Gasteiger charge is -2.20. The molecule has 2 heterocycles. The van der Waals surface area contributed by atoms with Gasteiger partial charge >= 0.3 is 0 Å². The van der Waals surface area contributed by atoms with Gasteiger partial charge in [-0.15, -0.1) is 10.2 Å². The maximum absolute atomic E-state index is 12.5. The smallest absolute Gasteiger partial charge is 0.228 e. The van der Waals surface area contributed by atoms with Gasteiger partial charge in [0, 0.05) is 24.3 Å². The van der Waals surface area contributed by atoms with Crippen molar-refractivity contribution in [2.75, 3.05) is 23.3 Å². The van der Waals surface area contributed by atoms with Gasteiger partial charge in [-0.3, -0.25) is 4.79 Å². The van der Waals surface area contributed by atoms with E-state index in [1.165, 1.54) is 25.7 Å². The summed E-state index contributed by atoms with van der Waals surface area (Å²) in [7, 11) is -3.32. The highest BCUT2D eigenvalue weighted by Gasteiger charge is 2.19. The van der Waals surface area contributed by atoms with E-state index < -0.39 is 15.1 Å². The molecular formula is C27H32N4O3S. The average Bonchev–Trinajstić information content (AvgIpc) is 3.15. The Morgan fingerprint density at radius 3 is 2.11 bits per heavy atom. The van der Waals surface area contributed by atoms with Gasteiger partial charge in [0.1, 0.15) is 0 Å². The SMILES string of the molecule is CC(C)S(=O)(=O)c1ccc(CC(=O)Nc2ccc(-c3ccc(N4CCCCCC4)nn3)cc2)cc1. The number of sulfone groups is 1. The molecule has 0 radical (unpaired) electrons. The molecule has 3 aromatic rings. The van der Waals surface area contributed by atoms with Crippen molar-refractivity contribution in [3.05, 3.63) is 66.2 Å². The Morgan fingerprint density at radius 1 is 0.886 bits per heavy atom. The molecule has 7 nitrogen and oxygen atoms in total. The van der Waals surface area contributed by atoms with Crippen LogP contribution in [-0.4, -0.2) is 42.9 Å². The van der Waals surface area contributed by atoms with Gasteiger partial charge < -0.3 is 10.2 Å². The monoisotopic (exact) mass is 492 g/mol. The fourth-order valence-corrected chi connectivity index (χ4v) is 5.19. The number of aromatic nitrogens is 2. The van der Waals surface area contributed by atoms with Crippen molar-refractivity contribution in [1.29, 1.82) is 0 Å². The molecule has 35 heavy (non-hydrogen) atoms. The summed E-state index contributed by atoms with van der Waals surface area (Å²) in [6.07, 6.45) is 5.11. The van der Waals surface area contributed by atoms with Gasteiger partial charge in [0.05, 0.1) is 22.3 Å². The average molecular weight is 493 g/mol. The lowest BCUT2D eigenvalue weighted by Crippen LogP contribution is -2.25. The third kappa shape index (κ3) is 6.25. The van der Waals surface area contributed by atoms with Crippen LogP contribution in [0.5, 0.6) is 0 Å². The van der Waals surface area contributed by atoms with Gasteiger partial charge in [0.2, 0.25) is 5.91 Å². The maximum Gasteiger partial charge on any atom is 0.228 e. The summed E-state index contributed by atoms with van der Waals surface area (Å²) in [6.45, 7) is 5.37. The first kappa shape index (κ1) is 24.9. The molecule has 2 aromatic carbocycles. The quantitative estimate of drug-likeness (QED) is 0.505. The van der Waals surface area contributed by atoms with E-state index in [4.69, 9.17) is 0 Å². The van der Waals surface area contributed by atoms with E-state index in [1.54, 1.807) is 38.1 Å². The molecule has 0 spiro atoms. The van der Waals surface area contributed by atoms with E-state index in [2.05, 4.69) is 20.4 Å². The van der Waals surface area contributed by atoms with Crippen LogP contribution in [0.15, 0.2) is 65.6 Å². The molecule has 1 N–H and O–H groups in total. The third-order valence-electron chi connectivity index (χ3n) is 6.28. The Labute approximate surface area is 207 Å². The number of hydrogen-bond acceptors (Lipinski definition) is 6. The molecule has 1 aromatic heterocycles. The third-order valence-corrected chi connectivity index (χ3v) is 8.45. The second-order valence-electron chi connectivity index (χ2n) is 9.22. The van der Waals surface area contributed by atoms with Crippen molar-refractivity contribution < 1.29 is 13.2 Å². The zero-order valence-electron chi connectivity index (χ0n) is 20.3. The summed E-state index contributed by atoms with van der Waals surface area (Å²) in [5.41, 5.74) is 3.16. The Hall–Kier alpha value is -3.26. The fraction of sp³-hybridized carbons (Fsp3) is 0.370. The molecule has 1 saturated heterocycles. The highest BCUT2D eigenvalue weighted by Crippen LogP contribution is 2.23. The van der Waals surface area contributed by atoms with E-state index in [1.807, 2.05) is 36.4 Å². The minimum absolute atomic E-state index is 0.160. The van der Waals surface area contributed by atoms with Crippen molar-refractivity contribution in [2.24, 2.45) is 0 Å². The van der Waals surface area contributed by atoms with Crippen LogP contribution in [-0.2, 0) is 21.1 Å². The highest BCUT2D eigenvalue weighted by molar-refractivity contribution is 7.92. The standard InChI is InChI=1S/C27H32N4O3S/c1-20(2)35(33,34)24-13-7-21(8-14-24)19-27(32)28-23-11-9-22(10-12-23)25-15-16-26(30-29-25)31-17-5-3-4-6-18-31/h7-16,20H,3-6,17-19H2,1-2H3,(H,28,32). The minimum atomic E-state index is -3.32. The summed E-state index contributed by atoms with van der Waals surface area (Å²) in [5, 5.41) is 11.3. The molecule has 0 saturated carbocycles. The van der Waals surface area contributed by atoms with Crippen LogP contribution in [0.2, 0.25) is 0 Å². The van der Waals surface area contributed by atoms with E-state index in [-0.39, 0.29) is 17.2 Å². The van der Waals surface area contributed by atoms with Gasteiger partial charge in [-0.1, -0.05) is 37.1 Å². The molecule has 4 rings (SSSR count). The number of benzene rings is 2. The Balaban J connectivity index is 1.34. The zero-order valence-corrected chi connectivity index (χ0v) is 21.1. The van der Waals surface area contributed by atoms with Crippen LogP contribution < -0.4 is 10.2 Å². The lowest BCUT2D eigenvalue weighted by atomic mass is 10.1. The van der Waals surface area contributed by atoms with Crippen LogP contribution in [0.3, 0.4) is 0 Å². The van der Waals surface area contributed by atoms with Crippen LogP contribution in [0.1, 0.15) is 45.1 Å². The minimum Gasteiger partial charge on any atom is -0.355 e. The fourth-order valence-electron chi connectivity index (χ4n) is 4.13. The Kier molecular flexibility index (Phi) is 7.80. The predicted molar refractivity (Wildman–Crippen MR) is 139 cm³/mol. The van der Waals surface area contributed by atoms with Crippen molar-refractivity contribution in [2.45, 2.75) is 56.1 Å². The summed E-state index contributed by atoms with van der Waals surface area (Å²) >= 11 is 0. The van der Waals surface area contributed by atoms with Crippen LogP contribution in [0.4, 0.5) is 11.5 Å². The number of rotatable bonds is 7. The predicted octanol–water partition coefficient (Wildman–Crippen LogP) is 4.89. The molecule has 1 aliphatic heterocycles. The molecule has 1 fully saturated rings. The largest absolute Gasteiger partial charge is 0.355 e. The number of hydrogen-bond donors (Lipinski definition) is 1. The number of amides is 1. The molecule has 1 amide bonds.